The van der Waals surface area contributed by atoms with Crippen molar-refractivity contribution in [2.75, 3.05) is 5.75 Å². The maximum atomic E-state index is 9.99. The zero-order valence-corrected chi connectivity index (χ0v) is 11.2. The molecule has 0 saturated carbocycles. The van der Waals surface area contributed by atoms with E-state index in [-0.39, 0.29) is 4.58 Å². The Balaban J connectivity index is 2.02. The van der Waals surface area contributed by atoms with Gasteiger partial charge in [-0.05, 0) is 24.3 Å². The Bertz CT molecular complexity index is 446. The largest absolute Gasteiger partial charge is 0.391 e. The van der Waals surface area contributed by atoms with Crippen LogP contribution in [-0.4, -0.2) is 38.8 Å². The van der Waals surface area contributed by atoms with Gasteiger partial charge in [0.25, 0.3) is 0 Å². The summed E-state index contributed by atoms with van der Waals surface area (Å²) < 4.78 is -0.0867. The molecule has 0 spiro atoms. The molecule has 4 N–H and O–H groups in total. The van der Waals surface area contributed by atoms with Crippen LogP contribution in [0.4, 0.5) is 0 Å². The summed E-state index contributed by atoms with van der Waals surface area (Å²) in [6.45, 7) is 0. The highest BCUT2D eigenvalue weighted by Gasteiger charge is 2.36. The number of thioether (sulfide) groups is 2. The van der Waals surface area contributed by atoms with Crippen LogP contribution in [0.5, 0.6) is 0 Å². The molecule has 0 aromatic heterocycles. The van der Waals surface area contributed by atoms with E-state index in [9.17, 15) is 10.2 Å². The number of nitrogens with two attached hydrogens (primary N) is 1. The van der Waals surface area contributed by atoms with Gasteiger partial charge in [-0.25, -0.2) is 0 Å². The fourth-order valence-corrected chi connectivity index (χ4v) is 4.37. The SMILES string of the molecule is N#Cc1ccc(S[C@@H]2SC[C@@H](O)[C@H](N)[C@H]2O)cc1. The number of rotatable bonds is 2. The molecule has 96 valence electrons. The number of hydrogen-bond donors (Lipinski definition) is 3. The van der Waals surface area contributed by atoms with Gasteiger partial charge in [-0.1, -0.05) is 0 Å². The van der Waals surface area contributed by atoms with E-state index >= 15 is 0 Å². The van der Waals surface area contributed by atoms with Crippen LogP contribution in [-0.2, 0) is 0 Å². The van der Waals surface area contributed by atoms with Crippen LogP contribution in [0.3, 0.4) is 0 Å². The van der Waals surface area contributed by atoms with Crippen LogP contribution in [0, 0.1) is 11.3 Å². The highest BCUT2D eigenvalue weighted by molar-refractivity contribution is 8.17. The number of nitriles is 1. The fraction of sp³-hybridized carbons (Fsp3) is 0.417. The Morgan fingerprint density at radius 1 is 1.33 bits per heavy atom. The zero-order chi connectivity index (χ0) is 13.1. The molecule has 1 aliphatic rings. The molecule has 1 aliphatic heterocycles. The third kappa shape index (κ3) is 2.99. The van der Waals surface area contributed by atoms with Gasteiger partial charge >= 0.3 is 0 Å². The number of hydrogen-bond acceptors (Lipinski definition) is 6. The predicted octanol–water partition coefficient (Wildman–Crippen LogP) is 0.772. The molecule has 0 radical (unpaired) electrons. The van der Waals surface area contributed by atoms with Crippen LogP contribution in [0.2, 0.25) is 0 Å². The molecule has 4 nitrogen and oxygen atoms in total. The molecule has 18 heavy (non-hydrogen) atoms. The first kappa shape index (κ1) is 13.7. The van der Waals surface area contributed by atoms with Crippen molar-refractivity contribution in [1.29, 1.82) is 5.26 Å². The standard InChI is InChI=1S/C12H14N2O2S2/c13-5-7-1-3-8(4-2-7)18-12-11(16)10(14)9(15)6-17-12/h1-4,9-12,15-16H,6,14H2/t9-,10+,11-,12+/m1/s1. The molecule has 4 atom stereocenters. The highest BCUT2D eigenvalue weighted by Crippen LogP contribution is 2.37. The van der Waals surface area contributed by atoms with E-state index in [1.54, 1.807) is 12.1 Å². The molecule has 6 heteroatoms. The average molecular weight is 282 g/mol. The van der Waals surface area contributed by atoms with E-state index in [1.165, 1.54) is 23.5 Å². The summed E-state index contributed by atoms with van der Waals surface area (Å²) >= 11 is 3.02. The van der Waals surface area contributed by atoms with Gasteiger partial charge < -0.3 is 15.9 Å². The van der Waals surface area contributed by atoms with Crippen molar-refractivity contribution < 1.29 is 10.2 Å². The Morgan fingerprint density at radius 2 is 2.00 bits per heavy atom. The number of aliphatic hydroxyl groups excluding tert-OH is 2. The van der Waals surface area contributed by atoms with Gasteiger partial charge in [0, 0.05) is 10.6 Å². The molecule has 1 heterocycles. The van der Waals surface area contributed by atoms with Crippen LogP contribution in [0.25, 0.3) is 0 Å². The van der Waals surface area contributed by atoms with Gasteiger partial charge in [0.05, 0.1) is 34.5 Å². The van der Waals surface area contributed by atoms with Gasteiger partial charge in [-0.15, -0.1) is 23.5 Å². The van der Waals surface area contributed by atoms with Crippen LogP contribution in [0.1, 0.15) is 5.56 Å². The Morgan fingerprint density at radius 3 is 2.61 bits per heavy atom. The quantitative estimate of drug-likeness (QED) is 0.742. The lowest BCUT2D eigenvalue weighted by Gasteiger charge is -2.35. The molecule has 0 bridgehead atoms. The van der Waals surface area contributed by atoms with Crippen LogP contribution < -0.4 is 5.73 Å². The first-order valence-corrected chi connectivity index (χ1v) is 7.45. The third-order valence-corrected chi connectivity index (χ3v) is 5.68. The van der Waals surface area contributed by atoms with Gasteiger partial charge in [-0.3, -0.25) is 0 Å². The molecule has 1 aromatic carbocycles. The van der Waals surface area contributed by atoms with Crippen molar-refractivity contribution in [2.45, 2.75) is 27.7 Å². The van der Waals surface area contributed by atoms with Crippen molar-refractivity contribution in [3.8, 4) is 6.07 Å². The van der Waals surface area contributed by atoms with E-state index in [2.05, 4.69) is 6.07 Å². The lowest BCUT2D eigenvalue weighted by Crippen LogP contribution is -2.53. The van der Waals surface area contributed by atoms with Crippen molar-refractivity contribution in [2.24, 2.45) is 5.73 Å². The summed E-state index contributed by atoms with van der Waals surface area (Å²) in [6, 6.07) is 8.67. The maximum absolute atomic E-state index is 9.99. The zero-order valence-electron chi connectivity index (χ0n) is 9.56. The van der Waals surface area contributed by atoms with E-state index in [1.807, 2.05) is 12.1 Å². The summed E-state index contributed by atoms with van der Waals surface area (Å²) in [5.74, 6) is 0.534. The predicted molar refractivity (Wildman–Crippen MR) is 73.2 cm³/mol. The van der Waals surface area contributed by atoms with Gasteiger partial charge in [0.1, 0.15) is 0 Å². The van der Waals surface area contributed by atoms with Gasteiger partial charge in [0.15, 0.2) is 0 Å². The first-order chi connectivity index (χ1) is 8.61. The molecular weight excluding hydrogens is 268 g/mol. The van der Waals surface area contributed by atoms with Gasteiger partial charge in [0.2, 0.25) is 0 Å². The minimum absolute atomic E-state index is 0.0867. The van der Waals surface area contributed by atoms with Crippen molar-refractivity contribution in [1.82, 2.24) is 0 Å². The highest BCUT2D eigenvalue weighted by atomic mass is 32.2. The molecule has 0 amide bonds. The van der Waals surface area contributed by atoms with Crippen molar-refractivity contribution in [3.05, 3.63) is 29.8 Å². The Hall–Kier alpha value is -0.710. The number of nitrogens with zero attached hydrogens (tertiary/aromatic N) is 1. The van der Waals surface area contributed by atoms with E-state index in [0.29, 0.717) is 11.3 Å². The molecule has 1 aromatic rings. The second kappa shape index (κ2) is 5.95. The lowest BCUT2D eigenvalue weighted by atomic mass is 10.1. The minimum Gasteiger partial charge on any atom is -0.391 e. The normalized spacial score (nSPS) is 31.9. The molecule has 0 aliphatic carbocycles. The number of benzene rings is 1. The van der Waals surface area contributed by atoms with Gasteiger partial charge in [-0.2, -0.15) is 5.26 Å². The average Bonchev–Trinajstić information content (AvgIpc) is 2.40. The number of aliphatic hydroxyl groups is 2. The third-order valence-electron chi connectivity index (χ3n) is 2.78. The summed E-state index contributed by atoms with van der Waals surface area (Å²) in [5, 5.41) is 28.3. The minimum atomic E-state index is -0.737. The first-order valence-electron chi connectivity index (χ1n) is 5.52. The summed E-state index contributed by atoms with van der Waals surface area (Å²) in [7, 11) is 0. The van der Waals surface area contributed by atoms with E-state index in [4.69, 9.17) is 11.0 Å². The van der Waals surface area contributed by atoms with Crippen LogP contribution >= 0.6 is 23.5 Å². The summed E-state index contributed by atoms with van der Waals surface area (Å²) in [5.41, 5.74) is 6.36. The Labute approximate surface area is 114 Å². The molecule has 0 unspecified atom stereocenters. The molecular formula is C12H14N2O2S2. The molecule has 1 saturated heterocycles. The Kier molecular flexibility index (Phi) is 4.54. The molecule has 2 rings (SSSR count). The van der Waals surface area contributed by atoms with Crippen molar-refractivity contribution in [3.63, 3.8) is 0 Å². The van der Waals surface area contributed by atoms with E-state index in [0.717, 1.165) is 4.90 Å². The van der Waals surface area contributed by atoms with E-state index < -0.39 is 18.2 Å². The fourth-order valence-electron chi connectivity index (χ4n) is 1.66. The van der Waals surface area contributed by atoms with Crippen LogP contribution in [0.15, 0.2) is 29.2 Å². The second-order valence-corrected chi connectivity index (χ2v) is 6.78. The monoisotopic (exact) mass is 282 g/mol. The maximum Gasteiger partial charge on any atom is 0.0991 e. The van der Waals surface area contributed by atoms with Crippen molar-refractivity contribution >= 4 is 23.5 Å². The second-order valence-electron chi connectivity index (χ2n) is 4.09. The summed E-state index contributed by atoms with van der Waals surface area (Å²) in [6.07, 6.45) is -1.39. The smallest absolute Gasteiger partial charge is 0.0991 e. The summed E-state index contributed by atoms with van der Waals surface area (Å²) in [4.78, 5) is 0.981. The lowest BCUT2D eigenvalue weighted by molar-refractivity contribution is 0.0707. The molecule has 1 fully saturated rings. The topological polar surface area (TPSA) is 90.3 Å².